The zero-order valence-corrected chi connectivity index (χ0v) is 21.3. The molecular weight excluding hydrogens is 570 g/mol. The topological polar surface area (TPSA) is 98.5 Å². The Morgan fingerprint density at radius 1 is 0.651 bits per heavy atom. The second-order valence-electron chi connectivity index (χ2n) is 9.28. The summed E-state index contributed by atoms with van der Waals surface area (Å²) >= 11 is 0. The van der Waals surface area contributed by atoms with Crippen LogP contribution in [0.25, 0.3) is 44.3 Å². The van der Waals surface area contributed by atoms with Crippen LogP contribution in [0.15, 0.2) is 84.9 Å². The average Bonchev–Trinajstić information content (AvgIpc) is 3.48. The van der Waals surface area contributed by atoms with Crippen LogP contribution >= 0.6 is 0 Å². The highest BCUT2D eigenvalue weighted by Crippen LogP contribution is 2.35. The highest BCUT2D eigenvalue weighted by molar-refractivity contribution is 5.96. The molecule has 0 saturated heterocycles. The number of benzene rings is 4. The number of alkyl halides is 6. The molecule has 5 N–H and O–H groups in total. The third-order valence-corrected chi connectivity index (χ3v) is 6.39. The molecule has 226 valence electrons. The molecule has 12 heteroatoms. The van der Waals surface area contributed by atoms with E-state index in [-0.39, 0.29) is 14.9 Å². The minimum atomic E-state index is -4.38. The molecule has 0 radical (unpaired) electrons. The molecule has 6 aromatic rings. The first-order chi connectivity index (χ1) is 19.3. The number of halogens is 6. The van der Waals surface area contributed by atoms with Crippen LogP contribution in [-0.4, -0.2) is 20.0 Å². The van der Waals surface area contributed by atoms with E-state index >= 15 is 0 Å². The van der Waals surface area contributed by atoms with E-state index in [0.29, 0.717) is 39.3 Å². The average molecular weight is 601 g/mol. The van der Waals surface area contributed by atoms with Crippen molar-refractivity contribution in [3.05, 3.63) is 96.1 Å². The summed E-state index contributed by atoms with van der Waals surface area (Å²) in [7, 11) is 1.75. The fourth-order valence-electron chi connectivity index (χ4n) is 4.43. The molecule has 43 heavy (non-hydrogen) atoms. The van der Waals surface area contributed by atoms with Gasteiger partial charge in [0.15, 0.2) is 0 Å². The van der Waals surface area contributed by atoms with Gasteiger partial charge in [-0.3, -0.25) is 9.78 Å². The lowest BCUT2D eigenvalue weighted by Crippen LogP contribution is -2.04. The second kappa shape index (κ2) is 12.1. The smallest absolute Gasteiger partial charge is 0.399 e. The minimum Gasteiger partial charge on any atom is -0.399 e. The van der Waals surface area contributed by atoms with Crippen LogP contribution < -0.4 is 11.5 Å². The summed E-state index contributed by atoms with van der Waals surface area (Å²) in [6, 6.07) is 20.6. The summed E-state index contributed by atoms with van der Waals surface area (Å²) in [5.41, 5.74) is 14.5. The van der Waals surface area contributed by atoms with Crippen LogP contribution in [-0.2, 0) is 19.4 Å². The molecule has 0 spiro atoms. The van der Waals surface area contributed by atoms with Crippen LogP contribution in [0.1, 0.15) is 26.0 Å². The predicted octanol–water partition coefficient (Wildman–Crippen LogP) is 8.94. The summed E-state index contributed by atoms with van der Waals surface area (Å²) in [5.74, 6) is 0. The SMILES string of the molecule is C.C.Cn1nc(-c2cccc(C(F)(F)F)c2)c2cc(N)ccc21.Nc1ccc2[nH]nc(-c3cccc(C(F)(F)F)c3)c2c1. The van der Waals surface area contributed by atoms with E-state index in [0.717, 1.165) is 40.7 Å². The van der Waals surface area contributed by atoms with Crippen molar-refractivity contribution in [2.75, 3.05) is 11.5 Å². The minimum absolute atomic E-state index is 0. The molecule has 0 bridgehead atoms. The number of aromatic amines is 1. The van der Waals surface area contributed by atoms with Crippen LogP contribution in [0.3, 0.4) is 0 Å². The van der Waals surface area contributed by atoms with Crippen molar-refractivity contribution in [2.45, 2.75) is 27.2 Å². The van der Waals surface area contributed by atoms with Gasteiger partial charge in [0, 0.05) is 40.3 Å². The number of nitrogens with two attached hydrogens (primary N) is 2. The Morgan fingerprint density at radius 3 is 1.72 bits per heavy atom. The van der Waals surface area contributed by atoms with E-state index in [4.69, 9.17) is 11.5 Å². The molecule has 0 aliphatic heterocycles. The van der Waals surface area contributed by atoms with Crippen molar-refractivity contribution in [1.29, 1.82) is 0 Å². The van der Waals surface area contributed by atoms with Gasteiger partial charge >= 0.3 is 12.4 Å². The number of nitrogen functional groups attached to an aromatic ring is 2. The van der Waals surface area contributed by atoms with Gasteiger partial charge in [-0.1, -0.05) is 39.1 Å². The van der Waals surface area contributed by atoms with Gasteiger partial charge in [-0.25, -0.2) is 0 Å². The van der Waals surface area contributed by atoms with Crippen LogP contribution in [0.2, 0.25) is 0 Å². The fourth-order valence-corrected chi connectivity index (χ4v) is 4.43. The van der Waals surface area contributed by atoms with E-state index in [9.17, 15) is 26.3 Å². The zero-order valence-electron chi connectivity index (χ0n) is 21.3. The van der Waals surface area contributed by atoms with E-state index in [1.807, 2.05) is 0 Å². The van der Waals surface area contributed by atoms with Gasteiger partial charge in [0.1, 0.15) is 5.69 Å². The normalized spacial score (nSPS) is 11.4. The number of H-pyrrole nitrogens is 1. The third-order valence-electron chi connectivity index (χ3n) is 6.39. The number of hydrogen-bond donors (Lipinski definition) is 3. The predicted molar refractivity (Wildman–Crippen MR) is 160 cm³/mol. The first kappa shape index (κ1) is 32.5. The number of fused-ring (bicyclic) bond motifs is 2. The summed E-state index contributed by atoms with van der Waals surface area (Å²) in [5, 5.41) is 12.6. The Hall–Kier alpha value is -5.00. The first-order valence-corrected chi connectivity index (χ1v) is 12.1. The summed E-state index contributed by atoms with van der Waals surface area (Å²) in [6.45, 7) is 0. The van der Waals surface area contributed by atoms with Gasteiger partial charge < -0.3 is 11.5 Å². The molecule has 0 aliphatic carbocycles. The van der Waals surface area contributed by atoms with Gasteiger partial charge in [0.2, 0.25) is 0 Å². The van der Waals surface area contributed by atoms with E-state index in [1.54, 1.807) is 60.3 Å². The van der Waals surface area contributed by atoms with Crippen molar-refractivity contribution in [3.63, 3.8) is 0 Å². The number of anilines is 2. The summed E-state index contributed by atoms with van der Waals surface area (Å²) in [6.07, 6.45) is -8.75. The van der Waals surface area contributed by atoms with Crippen molar-refractivity contribution < 1.29 is 26.3 Å². The maximum Gasteiger partial charge on any atom is 0.416 e. The number of nitrogens with one attached hydrogen (secondary N) is 1. The number of nitrogens with zero attached hydrogens (tertiary/aromatic N) is 3. The van der Waals surface area contributed by atoms with Crippen molar-refractivity contribution >= 4 is 33.2 Å². The van der Waals surface area contributed by atoms with Crippen molar-refractivity contribution in [1.82, 2.24) is 20.0 Å². The molecule has 2 heterocycles. The molecule has 0 saturated carbocycles. The fraction of sp³-hybridized carbons (Fsp3) is 0.161. The first-order valence-electron chi connectivity index (χ1n) is 12.1. The molecule has 6 nitrogen and oxygen atoms in total. The number of aryl methyl sites for hydroxylation is 1. The van der Waals surface area contributed by atoms with Gasteiger partial charge in [-0.15, -0.1) is 0 Å². The lowest BCUT2D eigenvalue weighted by Gasteiger charge is -2.07. The summed E-state index contributed by atoms with van der Waals surface area (Å²) in [4.78, 5) is 0. The number of aromatic nitrogens is 4. The highest BCUT2D eigenvalue weighted by atomic mass is 19.4. The molecular formula is C31H30F6N6. The number of rotatable bonds is 2. The van der Waals surface area contributed by atoms with Gasteiger partial charge in [-0.2, -0.15) is 36.5 Å². The van der Waals surface area contributed by atoms with E-state index < -0.39 is 23.5 Å². The number of hydrogen-bond acceptors (Lipinski definition) is 4. The van der Waals surface area contributed by atoms with E-state index in [1.165, 1.54) is 12.1 Å². The Labute approximate surface area is 243 Å². The zero-order chi connectivity index (χ0) is 29.5. The van der Waals surface area contributed by atoms with E-state index in [2.05, 4.69) is 15.3 Å². The standard InChI is InChI=1S/C15H12F3N3.C14H10F3N3.2CH4/c1-21-13-6-5-11(19)8-12(13)14(20-21)9-3-2-4-10(7-9)15(16,17)18;15-14(16,17)9-3-1-2-8(6-9)13-11-7-10(18)4-5-12(11)19-20-13;;/h2-8H,19H2,1H3;1-7H,18H2,(H,19,20);2*1H4. The quantitative estimate of drug-likeness (QED) is 0.137. The van der Waals surface area contributed by atoms with Gasteiger partial charge in [0.25, 0.3) is 0 Å². The molecule has 0 atom stereocenters. The van der Waals surface area contributed by atoms with Gasteiger partial charge in [-0.05, 0) is 60.7 Å². The summed E-state index contributed by atoms with van der Waals surface area (Å²) < 4.78 is 78.3. The van der Waals surface area contributed by atoms with Gasteiger partial charge in [0.05, 0.1) is 27.9 Å². The van der Waals surface area contributed by atoms with Crippen LogP contribution in [0, 0.1) is 0 Å². The lowest BCUT2D eigenvalue weighted by atomic mass is 10.0. The molecule has 6 rings (SSSR count). The maximum absolute atomic E-state index is 12.8. The second-order valence-corrected chi connectivity index (χ2v) is 9.28. The van der Waals surface area contributed by atoms with Crippen molar-refractivity contribution in [3.8, 4) is 22.5 Å². The largest absolute Gasteiger partial charge is 0.416 e. The molecule has 0 fully saturated rings. The molecule has 2 aromatic heterocycles. The molecule has 0 amide bonds. The molecule has 4 aromatic carbocycles. The molecule has 0 unspecified atom stereocenters. The Balaban J connectivity index is 0.000000225. The third kappa shape index (κ3) is 6.74. The Morgan fingerprint density at radius 2 is 1.16 bits per heavy atom. The highest BCUT2D eigenvalue weighted by Gasteiger charge is 2.31. The molecule has 0 aliphatic rings. The maximum atomic E-state index is 12.8. The van der Waals surface area contributed by atoms with Crippen LogP contribution in [0.4, 0.5) is 37.7 Å². The lowest BCUT2D eigenvalue weighted by molar-refractivity contribution is -0.138. The Bertz CT molecular complexity index is 1870. The van der Waals surface area contributed by atoms with Crippen LogP contribution in [0.5, 0.6) is 0 Å². The Kier molecular flexibility index (Phi) is 9.14. The van der Waals surface area contributed by atoms with Crippen molar-refractivity contribution in [2.24, 2.45) is 7.05 Å². The monoisotopic (exact) mass is 600 g/mol.